The van der Waals surface area contributed by atoms with Crippen LogP contribution in [0.1, 0.15) is 27.0 Å². The fourth-order valence-corrected chi connectivity index (χ4v) is 4.56. The summed E-state index contributed by atoms with van der Waals surface area (Å²) in [5.41, 5.74) is -1.21. The van der Waals surface area contributed by atoms with Gasteiger partial charge in [0.15, 0.2) is 5.54 Å². The highest BCUT2D eigenvalue weighted by Crippen LogP contribution is 2.38. The Labute approximate surface area is 196 Å². The highest BCUT2D eigenvalue weighted by Gasteiger charge is 2.50. The normalized spacial score (nSPS) is 19.5. The number of carbonyl (C=O) groups excluding carboxylic acids is 3. The van der Waals surface area contributed by atoms with Crippen LogP contribution in [0.4, 0.5) is 22.4 Å². The summed E-state index contributed by atoms with van der Waals surface area (Å²) in [6.45, 7) is -0.144. The molecule has 6 nitrogen and oxygen atoms in total. The Kier molecular flexibility index (Phi) is 5.12. The SMILES string of the molecule is O=C1NC(=O)[C@](CN2Cc3ccc(F)cc3C2=O)(c2ccc(-c3ccccc3C(F)(F)F)cc2)N1. The molecule has 0 aromatic heterocycles. The lowest BCUT2D eigenvalue weighted by atomic mass is 9.87. The Balaban J connectivity index is 1.51. The Morgan fingerprint density at radius 1 is 0.914 bits per heavy atom. The van der Waals surface area contributed by atoms with Crippen molar-refractivity contribution in [3.63, 3.8) is 0 Å². The van der Waals surface area contributed by atoms with Crippen LogP contribution in [0.25, 0.3) is 11.1 Å². The number of urea groups is 1. The van der Waals surface area contributed by atoms with E-state index in [0.29, 0.717) is 5.56 Å². The molecular weight excluding hydrogens is 466 g/mol. The van der Waals surface area contributed by atoms with Crippen molar-refractivity contribution in [3.05, 3.63) is 94.8 Å². The van der Waals surface area contributed by atoms with Crippen LogP contribution in [0.5, 0.6) is 0 Å². The van der Waals surface area contributed by atoms with Gasteiger partial charge in [0.05, 0.1) is 12.1 Å². The van der Waals surface area contributed by atoms with Crippen LogP contribution in [0.2, 0.25) is 0 Å². The van der Waals surface area contributed by atoms with Crippen LogP contribution < -0.4 is 10.6 Å². The molecule has 0 spiro atoms. The Hall–Kier alpha value is -4.21. The van der Waals surface area contributed by atoms with Crippen molar-refractivity contribution in [1.29, 1.82) is 0 Å². The van der Waals surface area contributed by atoms with E-state index < -0.39 is 40.9 Å². The maximum absolute atomic E-state index is 13.6. The summed E-state index contributed by atoms with van der Waals surface area (Å²) in [7, 11) is 0. The average molecular weight is 483 g/mol. The van der Waals surface area contributed by atoms with E-state index in [1.54, 1.807) is 0 Å². The number of hydrogen-bond acceptors (Lipinski definition) is 3. The number of hydrogen-bond donors (Lipinski definition) is 2. The van der Waals surface area contributed by atoms with E-state index >= 15 is 0 Å². The number of carbonyl (C=O) groups is 3. The van der Waals surface area contributed by atoms with Crippen LogP contribution in [0.15, 0.2) is 66.7 Å². The third-order valence-electron chi connectivity index (χ3n) is 6.24. The molecule has 0 unspecified atom stereocenters. The molecule has 2 aliphatic heterocycles. The number of nitrogens with one attached hydrogen (secondary N) is 2. The summed E-state index contributed by atoms with van der Waals surface area (Å²) in [4.78, 5) is 39.2. The molecule has 0 aliphatic carbocycles. The summed E-state index contributed by atoms with van der Waals surface area (Å²) in [5, 5.41) is 4.73. The average Bonchev–Trinajstić information content (AvgIpc) is 3.28. The molecule has 1 fully saturated rings. The van der Waals surface area contributed by atoms with Gasteiger partial charge in [-0.2, -0.15) is 13.2 Å². The molecule has 35 heavy (non-hydrogen) atoms. The van der Waals surface area contributed by atoms with E-state index in [0.717, 1.165) is 12.1 Å². The van der Waals surface area contributed by atoms with Gasteiger partial charge < -0.3 is 10.2 Å². The van der Waals surface area contributed by atoms with Gasteiger partial charge in [-0.3, -0.25) is 14.9 Å². The molecule has 2 N–H and O–H groups in total. The van der Waals surface area contributed by atoms with Crippen molar-refractivity contribution in [1.82, 2.24) is 15.5 Å². The van der Waals surface area contributed by atoms with E-state index in [2.05, 4.69) is 10.6 Å². The lowest BCUT2D eigenvalue weighted by Gasteiger charge is -2.31. The molecular formula is C25H17F4N3O3. The van der Waals surface area contributed by atoms with Gasteiger partial charge in [-0.05, 0) is 40.5 Å². The quantitative estimate of drug-likeness (QED) is 0.431. The maximum Gasteiger partial charge on any atom is 0.417 e. The predicted molar refractivity (Wildman–Crippen MR) is 116 cm³/mol. The van der Waals surface area contributed by atoms with Gasteiger partial charge in [0.1, 0.15) is 5.82 Å². The van der Waals surface area contributed by atoms with Crippen LogP contribution in [0.3, 0.4) is 0 Å². The Bertz CT molecular complexity index is 1370. The van der Waals surface area contributed by atoms with Crippen LogP contribution >= 0.6 is 0 Å². The lowest BCUT2D eigenvalue weighted by molar-refractivity contribution is -0.137. The zero-order valence-corrected chi connectivity index (χ0v) is 17.9. The molecule has 4 amide bonds. The number of rotatable bonds is 4. The molecule has 2 aliphatic rings. The molecule has 0 saturated carbocycles. The zero-order chi connectivity index (χ0) is 25.0. The van der Waals surface area contributed by atoms with E-state index in [9.17, 15) is 31.9 Å². The minimum Gasteiger partial charge on any atom is -0.331 e. The smallest absolute Gasteiger partial charge is 0.331 e. The number of imide groups is 1. The molecule has 178 valence electrons. The predicted octanol–water partition coefficient (Wildman–Crippen LogP) is 4.20. The summed E-state index contributed by atoms with van der Waals surface area (Å²) in [5.74, 6) is -1.78. The molecule has 3 aromatic rings. The number of amides is 4. The van der Waals surface area contributed by atoms with Crippen molar-refractivity contribution in [2.24, 2.45) is 0 Å². The minimum atomic E-state index is -4.56. The van der Waals surface area contributed by atoms with Crippen LogP contribution in [0, 0.1) is 5.82 Å². The molecule has 0 bridgehead atoms. The first-order chi connectivity index (χ1) is 16.6. The molecule has 1 saturated heterocycles. The fraction of sp³-hybridized carbons (Fsp3) is 0.160. The zero-order valence-electron chi connectivity index (χ0n) is 17.9. The van der Waals surface area contributed by atoms with Crippen molar-refractivity contribution >= 4 is 17.8 Å². The Morgan fingerprint density at radius 2 is 1.63 bits per heavy atom. The Morgan fingerprint density at radius 3 is 2.29 bits per heavy atom. The maximum atomic E-state index is 13.6. The fourth-order valence-electron chi connectivity index (χ4n) is 4.56. The van der Waals surface area contributed by atoms with E-state index in [-0.39, 0.29) is 35.3 Å². The largest absolute Gasteiger partial charge is 0.417 e. The summed E-state index contributed by atoms with van der Waals surface area (Å²) >= 11 is 0. The minimum absolute atomic E-state index is 0.0345. The number of fused-ring (bicyclic) bond motifs is 1. The van der Waals surface area contributed by atoms with Crippen molar-refractivity contribution in [3.8, 4) is 11.1 Å². The number of alkyl halides is 3. The highest BCUT2D eigenvalue weighted by molar-refractivity contribution is 6.08. The van der Waals surface area contributed by atoms with Gasteiger partial charge in [0.2, 0.25) is 0 Å². The van der Waals surface area contributed by atoms with Crippen molar-refractivity contribution in [2.45, 2.75) is 18.3 Å². The first-order valence-corrected chi connectivity index (χ1v) is 10.6. The summed E-state index contributed by atoms with van der Waals surface area (Å²) in [6, 6.07) is 13.9. The monoisotopic (exact) mass is 483 g/mol. The van der Waals surface area contributed by atoms with E-state index in [4.69, 9.17) is 0 Å². The molecule has 0 radical (unpaired) electrons. The first-order valence-electron chi connectivity index (χ1n) is 10.6. The second-order valence-corrected chi connectivity index (χ2v) is 8.40. The topological polar surface area (TPSA) is 78.5 Å². The lowest BCUT2D eigenvalue weighted by Crippen LogP contribution is -2.52. The van der Waals surface area contributed by atoms with Crippen LogP contribution in [-0.4, -0.2) is 29.3 Å². The highest BCUT2D eigenvalue weighted by atomic mass is 19.4. The van der Waals surface area contributed by atoms with Gasteiger partial charge >= 0.3 is 12.2 Å². The second-order valence-electron chi connectivity index (χ2n) is 8.40. The summed E-state index contributed by atoms with van der Waals surface area (Å²) < 4.78 is 54.0. The number of nitrogens with zero attached hydrogens (tertiary/aromatic N) is 1. The molecule has 3 aromatic carbocycles. The third kappa shape index (κ3) is 3.80. The van der Waals surface area contributed by atoms with Gasteiger partial charge in [-0.15, -0.1) is 0 Å². The van der Waals surface area contributed by atoms with Gasteiger partial charge in [-0.25, -0.2) is 9.18 Å². The third-order valence-corrected chi connectivity index (χ3v) is 6.24. The second kappa shape index (κ2) is 7.93. The summed E-state index contributed by atoms with van der Waals surface area (Å²) in [6.07, 6.45) is -4.56. The van der Waals surface area contributed by atoms with Crippen LogP contribution in [-0.2, 0) is 23.1 Å². The molecule has 2 heterocycles. The van der Waals surface area contributed by atoms with Crippen molar-refractivity contribution < 1.29 is 31.9 Å². The van der Waals surface area contributed by atoms with E-state index in [1.807, 2.05) is 0 Å². The molecule has 10 heteroatoms. The standard InChI is InChI=1S/C25H17F4N3O3/c26-17-10-7-15-12-32(21(33)19(15)11-17)13-24(22(34)30-23(35)31-24)16-8-5-14(6-9-16)18-3-1-2-4-20(18)25(27,28)29/h1-11H,12-13H2,(H2,30,31,34,35)/t24-/m0/s1. The van der Waals surface area contributed by atoms with Gasteiger partial charge in [0, 0.05) is 12.1 Å². The van der Waals surface area contributed by atoms with Gasteiger partial charge in [-0.1, -0.05) is 48.5 Å². The number of halogens is 4. The van der Waals surface area contributed by atoms with Crippen molar-refractivity contribution in [2.75, 3.05) is 6.54 Å². The molecule has 1 atom stereocenters. The first kappa shape index (κ1) is 22.6. The number of benzene rings is 3. The molecule has 5 rings (SSSR count). The van der Waals surface area contributed by atoms with Gasteiger partial charge in [0.25, 0.3) is 11.8 Å². The van der Waals surface area contributed by atoms with E-state index in [1.165, 1.54) is 59.5 Å².